The molecule has 1 heterocycles. The maximum atomic E-state index is 11.8. The van der Waals surface area contributed by atoms with Gasteiger partial charge < -0.3 is 15.1 Å². The van der Waals surface area contributed by atoms with E-state index in [2.05, 4.69) is 6.92 Å². The van der Waals surface area contributed by atoms with Gasteiger partial charge in [-0.2, -0.15) is 0 Å². The van der Waals surface area contributed by atoms with Crippen molar-refractivity contribution >= 4 is 12.0 Å². The van der Waals surface area contributed by atoms with Crippen molar-refractivity contribution in [3.05, 3.63) is 41.5 Å². The molecule has 1 amide bonds. The number of rotatable bonds is 3. The normalized spacial score (nSPS) is 23.2. The lowest BCUT2D eigenvalue weighted by molar-refractivity contribution is -0.125. The summed E-state index contributed by atoms with van der Waals surface area (Å²) >= 11 is 0. The molecule has 0 aliphatic carbocycles. The molecule has 2 unspecified atom stereocenters. The van der Waals surface area contributed by atoms with Crippen LogP contribution in [0.15, 0.2) is 30.3 Å². The predicted molar refractivity (Wildman–Crippen MR) is 73.4 cm³/mol. The zero-order chi connectivity index (χ0) is 13.8. The van der Waals surface area contributed by atoms with Crippen molar-refractivity contribution < 1.29 is 15.0 Å². The minimum absolute atomic E-state index is 0.185. The molecular weight excluding hydrogens is 242 g/mol. The topological polar surface area (TPSA) is 60.8 Å². The number of hydrogen-bond acceptors (Lipinski definition) is 3. The van der Waals surface area contributed by atoms with Gasteiger partial charge in [-0.3, -0.25) is 4.79 Å². The van der Waals surface area contributed by atoms with E-state index in [1.807, 2.05) is 24.3 Å². The molecule has 1 aliphatic rings. The molecule has 0 aromatic heterocycles. The average Bonchev–Trinajstić information content (AvgIpc) is 2.77. The van der Waals surface area contributed by atoms with E-state index in [-0.39, 0.29) is 19.0 Å². The van der Waals surface area contributed by atoms with Crippen LogP contribution in [0, 0.1) is 0 Å². The van der Waals surface area contributed by atoms with Crippen molar-refractivity contribution in [3.8, 4) is 0 Å². The van der Waals surface area contributed by atoms with Gasteiger partial charge in [0.25, 0.3) is 0 Å². The van der Waals surface area contributed by atoms with Crippen molar-refractivity contribution in [2.45, 2.75) is 25.6 Å². The van der Waals surface area contributed by atoms with Gasteiger partial charge in [-0.05, 0) is 23.6 Å². The number of likely N-dealkylation sites (tertiary alicyclic amines) is 1. The standard InChI is InChI=1S/C15H19NO3/c1-2-11-3-5-12(6-4-11)7-8-15(19)16-9-13(17)14(18)10-16/h3-8,13-14,17-18H,2,9-10H2,1H3/b8-7+. The highest BCUT2D eigenvalue weighted by atomic mass is 16.3. The van der Waals surface area contributed by atoms with Crippen LogP contribution >= 0.6 is 0 Å². The molecular formula is C15H19NO3. The minimum Gasteiger partial charge on any atom is -0.388 e. The first-order valence-electron chi connectivity index (χ1n) is 6.52. The highest BCUT2D eigenvalue weighted by Gasteiger charge is 2.31. The lowest BCUT2D eigenvalue weighted by Crippen LogP contribution is -2.27. The Bertz CT molecular complexity index is 457. The summed E-state index contributed by atoms with van der Waals surface area (Å²) in [5.41, 5.74) is 2.22. The Balaban J connectivity index is 1.96. The Hall–Kier alpha value is -1.65. The van der Waals surface area contributed by atoms with E-state index in [1.165, 1.54) is 16.5 Å². The molecule has 1 aromatic rings. The number of carbonyl (C=O) groups is 1. The van der Waals surface area contributed by atoms with Gasteiger partial charge in [-0.1, -0.05) is 31.2 Å². The predicted octanol–water partition coefficient (Wildman–Crippen LogP) is 0.826. The van der Waals surface area contributed by atoms with Crippen LogP contribution < -0.4 is 0 Å². The summed E-state index contributed by atoms with van der Waals surface area (Å²) < 4.78 is 0. The summed E-state index contributed by atoms with van der Waals surface area (Å²) in [6.45, 7) is 2.48. The van der Waals surface area contributed by atoms with Crippen LogP contribution in [0.25, 0.3) is 6.08 Å². The highest BCUT2D eigenvalue weighted by Crippen LogP contribution is 2.12. The maximum Gasteiger partial charge on any atom is 0.246 e. The average molecular weight is 261 g/mol. The van der Waals surface area contributed by atoms with Crippen LogP contribution in [-0.4, -0.2) is 46.3 Å². The Kier molecular flexibility index (Phi) is 4.35. The molecule has 4 heteroatoms. The van der Waals surface area contributed by atoms with Crippen LogP contribution in [-0.2, 0) is 11.2 Å². The molecule has 102 valence electrons. The van der Waals surface area contributed by atoms with E-state index in [0.29, 0.717) is 0 Å². The van der Waals surface area contributed by atoms with E-state index in [9.17, 15) is 15.0 Å². The molecule has 0 spiro atoms. The monoisotopic (exact) mass is 261 g/mol. The smallest absolute Gasteiger partial charge is 0.246 e. The maximum absolute atomic E-state index is 11.8. The van der Waals surface area contributed by atoms with Gasteiger partial charge >= 0.3 is 0 Å². The first-order valence-corrected chi connectivity index (χ1v) is 6.52. The Morgan fingerprint density at radius 2 is 1.84 bits per heavy atom. The van der Waals surface area contributed by atoms with Gasteiger partial charge in [0.05, 0.1) is 12.2 Å². The summed E-state index contributed by atoms with van der Waals surface area (Å²) in [7, 11) is 0. The number of amides is 1. The molecule has 0 saturated carbocycles. The minimum atomic E-state index is -0.832. The number of aryl methyl sites for hydroxylation is 1. The zero-order valence-electron chi connectivity index (χ0n) is 11.0. The fraction of sp³-hybridized carbons (Fsp3) is 0.400. The molecule has 1 aliphatic heterocycles. The summed E-state index contributed by atoms with van der Waals surface area (Å²) in [4.78, 5) is 13.3. The summed E-state index contributed by atoms with van der Waals surface area (Å²) in [5, 5.41) is 18.8. The van der Waals surface area contributed by atoms with Crippen molar-refractivity contribution in [2.75, 3.05) is 13.1 Å². The van der Waals surface area contributed by atoms with Crippen LogP contribution in [0.2, 0.25) is 0 Å². The van der Waals surface area contributed by atoms with Crippen LogP contribution in [0.1, 0.15) is 18.1 Å². The fourth-order valence-electron chi connectivity index (χ4n) is 2.09. The SMILES string of the molecule is CCc1ccc(/C=C/C(=O)N2CC(O)C(O)C2)cc1. The molecule has 2 N–H and O–H groups in total. The lowest BCUT2D eigenvalue weighted by atomic mass is 10.1. The van der Waals surface area contributed by atoms with Crippen molar-refractivity contribution in [2.24, 2.45) is 0 Å². The number of β-amino-alcohol motifs (C(OH)–C–C–N with tert-alkyl or cyclic N) is 2. The Morgan fingerprint density at radius 3 is 2.37 bits per heavy atom. The largest absolute Gasteiger partial charge is 0.388 e. The van der Waals surface area contributed by atoms with Gasteiger partial charge in [0.2, 0.25) is 5.91 Å². The van der Waals surface area contributed by atoms with Crippen LogP contribution in [0.4, 0.5) is 0 Å². The molecule has 19 heavy (non-hydrogen) atoms. The zero-order valence-corrected chi connectivity index (χ0v) is 11.0. The van der Waals surface area contributed by atoms with Crippen molar-refractivity contribution in [1.82, 2.24) is 4.90 Å². The first-order chi connectivity index (χ1) is 9.10. The third kappa shape index (κ3) is 3.43. The first kappa shape index (κ1) is 13.8. The second kappa shape index (κ2) is 5.99. The third-order valence-electron chi connectivity index (χ3n) is 3.38. The Labute approximate surface area is 113 Å². The molecule has 2 atom stereocenters. The van der Waals surface area contributed by atoms with Gasteiger partial charge in [0.15, 0.2) is 0 Å². The number of aliphatic hydroxyl groups is 2. The van der Waals surface area contributed by atoms with Gasteiger partial charge in [-0.25, -0.2) is 0 Å². The summed E-state index contributed by atoms with van der Waals surface area (Å²) in [5.74, 6) is -0.185. The molecule has 4 nitrogen and oxygen atoms in total. The molecule has 0 bridgehead atoms. The Morgan fingerprint density at radius 1 is 1.26 bits per heavy atom. The number of aliphatic hydroxyl groups excluding tert-OH is 2. The van der Waals surface area contributed by atoms with Crippen molar-refractivity contribution in [3.63, 3.8) is 0 Å². The van der Waals surface area contributed by atoms with E-state index >= 15 is 0 Å². The van der Waals surface area contributed by atoms with Gasteiger partial charge in [0, 0.05) is 19.2 Å². The van der Waals surface area contributed by atoms with Crippen LogP contribution in [0.5, 0.6) is 0 Å². The number of benzene rings is 1. The fourth-order valence-corrected chi connectivity index (χ4v) is 2.09. The molecule has 1 aromatic carbocycles. The van der Waals surface area contributed by atoms with E-state index in [1.54, 1.807) is 6.08 Å². The third-order valence-corrected chi connectivity index (χ3v) is 3.38. The van der Waals surface area contributed by atoms with E-state index < -0.39 is 12.2 Å². The molecule has 1 fully saturated rings. The van der Waals surface area contributed by atoms with Crippen molar-refractivity contribution in [1.29, 1.82) is 0 Å². The molecule has 1 saturated heterocycles. The summed E-state index contributed by atoms with van der Waals surface area (Å²) in [6, 6.07) is 8.01. The van der Waals surface area contributed by atoms with Gasteiger partial charge in [0.1, 0.15) is 0 Å². The van der Waals surface area contributed by atoms with E-state index in [0.717, 1.165) is 12.0 Å². The molecule has 0 radical (unpaired) electrons. The quantitative estimate of drug-likeness (QED) is 0.792. The number of hydrogen-bond donors (Lipinski definition) is 2. The number of nitrogens with zero attached hydrogens (tertiary/aromatic N) is 1. The summed E-state index contributed by atoms with van der Waals surface area (Å²) in [6.07, 6.45) is 2.55. The van der Waals surface area contributed by atoms with Gasteiger partial charge in [-0.15, -0.1) is 0 Å². The second-order valence-electron chi connectivity index (χ2n) is 4.81. The van der Waals surface area contributed by atoms with Crippen LogP contribution in [0.3, 0.4) is 0 Å². The molecule has 2 rings (SSSR count). The lowest BCUT2D eigenvalue weighted by Gasteiger charge is -2.12. The second-order valence-corrected chi connectivity index (χ2v) is 4.81. The highest BCUT2D eigenvalue weighted by molar-refractivity contribution is 5.92. The number of carbonyl (C=O) groups excluding carboxylic acids is 1. The van der Waals surface area contributed by atoms with E-state index in [4.69, 9.17) is 0 Å².